The Balaban J connectivity index is 2.17. The molecule has 0 bridgehead atoms. The highest BCUT2D eigenvalue weighted by Crippen LogP contribution is 2.16. The SMILES string of the molecule is CCOC(=O)c1occc1/C=C/c1ccsc1. The van der Waals surface area contributed by atoms with Crippen LogP contribution in [0.2, 0.25) is 0 Å². The van der Waals surface area contributed by atoms with Crippen LogP contribution in [0.5, 0.6) is 0 Å². The Morgan fingerprint density at radius 2 is 2.35 bits per heavy atom. The summed E-state index contributed by atoms with van der Waals surface area (Å²) in [6.45, 7) is 2.11. The van der Waals surface area contributed by atoms with Crippen molar-refractivity contribution in [3.05, 3.63) is 46.0 Å². The van der Waals surface area contributed by atoms with E-state index in [9.17, 15) is 4.79 Å². The average Bonchev–Trinajstić information content (AvgIpc) is 2.98. The molecule has 0 amide bonds. The number of carbonyl (C=O) groups excluding carboxylic acids is 1. The Morgan fingerprint density at radius 1 is 1.47 bits per heavy atom. The molecular formula is C13H12O3S. The van der Waals surface area contributed by atoms with Gasteiger partial charge < -0.3 is 9.15 Å². The molecule has 4 heteroatoms. The van der Waals surface area contributed by atoms with Gasteiger partial charge in [0.05, 0.1) is 12.9 Å². The van der Waals surface area contributed by atoms with Crippen molar-refractivity contribution in [2.45, 2.75) is 6.92 Å². The number of thiophene rings is 1. The van der Waals surface area contributed by atoms with Gasteiger partial charge in [-0.05, 0) is 35.4 Å². The molecule has 0 spiro atoms. The molecule has 88 valence electrons. The third-order valence-electron chi connectivity index (χ3n) is 2.16. The summed E-state index contributed by atoms with van der Waals surface area (Å²) in [7, 11) is 0. The van der Waals surface area contributed by atoms with Gasteiger partial charge in [-0.15, -0.1) is 0 Å². The molecule has 0 radical (unpaired) electrons. The van der Waals surface area contributed by atoms with Gasteiger partial charge in [-0.2, -0.15) is 11.3 Å². The number of furan rings is 1. The summed E-state index contributed by atoms with van der Waals surface area (Å²) >= 11 is 1.63. The highest BCUT2D eigenvalue weighted by Gasteiger charge is 2.14. The number of hydrogen-bond donors (Lipinski definition) is 0. The third-order valence-corrected chi connectivity index (χ3v) is 2.86. The molecule has 2 aromatic rings. The minimum absolute atomic E-state index is 0.248. The van der Waals surface area contributed by atoms with Crippen molar-refractivity contribution >= 4 is 29.5 Å². The second-order valence-corrected chi connectivity index (χ2v) is 4.10. The molecule has 0 unspecified atom stereocenters. The normalized spacial score (nSPS) is 10.9. The number of esters is 1. The second kappa shape index (κ2) is 5.50. The van der Waals surface area contributed by atoms with Crippen LogP contribution in [0.3, 0.4) is 0 Å². The zero-order valence-electron chi connectivity index (χ0n) is 9.38. The monoisotopic (exact) mass is 248 g/mol. The van der Waals surface area contributed by atoms with Crippen LogP contribution in [0.4, 0.5) is 0 Å². The summed E-state index contributed by atoms with van der Waals surface area (Å²) in [5.74, 6) is -0.180. The molecule has 0 saturated carbocycles. The van der Waals surface area contributed by atoms with Crippen LogP contribution in [-0.2, 0) is 4.74 Å². The fourth-order valence-electron chi connectivity index (χ4n) is 1.37. The van der Waals surface area contributed by atoms with Gasteiger partial charge in [0.1, 0.15) is 0 Å². The van der Waals surface area contributed by atoms with E-state index in [1.165, 1.54) is 6.26 Å². The molecule has 0 atom stereocenters. The van der Waals surface area contributed by atoms with E-state index in [-0.39, 0.29) is 5.76 Å². The minimum atomic E-state index is -0.428. The minimum Gasteiger partial charge on any atom is -0.460 e. The molecule has 0 fully saturated rings. The van der Waals surface area contributed by atoms with Crippen LogP contribution in [0, 0.1) is 0 Å². The summed E-state index contributed by atoms with van der Waals surface area (Å²) < 4.78 is 10.0. The molecule has 2 rings (SSSR count). The van der Waals surface area contributed by atoms with Crippen molar-refractivity contribution in [1.82, 2.24) is 0 Å². The van der Waals surface area contributed by atoms with Crippen LogP contribution in [-0.4, -0.2) is 12.6 Å². The van der Waals surface area contributed by atoms with E-state index in [0.717, 1.165) is 11.1 Å². The smallest absolute Gasteiger partial charge is 0.374 e. The largest absolute Gasteiger partial charge is 0.460 e. The Kier molecular flexibility index (Phi) is 3.77. The summed E-state index contributed by atoms with van der Waals surface area (Å²) in [5.41, 5.74) is 1.83. The van der Waals surface area contributed by atoms with E-state index >= 15 is 0 Å². The van der Waals surface area contributed by atoms with Gasteiger partial charge in [-0.25, -0.2) is 4.79 Å². The number of rotatable bonds is 4. The standard InChI is InChI=1S/C13H12O3S/c1-2-15-13(14)12-11(5-7-16-12)4-3-10-6-8-17-9-10/h3-9H,2H2,1H3/b4-3+. The first kappa shape index (κ1) is 11.7. The lowest BCUT2D eigenvalue weighted by molar-refractivity contribution is 0.0490. The van der Waals surface area contributed by atoms with E-state index in [0.29, 0.717) is 6.61 Å². The number of hydrogen-bond acceptors (Lipinski definition) is 4. The number of ether oxygens (including phenoxy) is 1. The van der Waals surface area contributed by atoms with Crippen molar-refractivity contribution in [2.24, 2.45) is 0 Å². The van der Waals surface area contributed by atoms with E-state index in [2.05, 4.69) is 0 Å². The number of carbonyl (C=O) groups is 1. The van der Waals surface area contributed by atoms with Crippen molar-refractivity contribution in [3.63, 3.8) is 0 Å². The summed E-state index contributed by atoms with van der Waals surface area (Å²) in [6.07, 6.45) is 5.27. The van der Waals surface area contributed by atoms with Crippen molar-refractivity contribution in [1.29, 1.82) is 0 Å². The topological polar surface area (TPSA) is 39.4 Å². The highest BCUT2D eigenvalue weighted by molar-refractivity contribution is 7.08. The summed E-state index contributed by atoms with van der Waals surface area (Å²) in [4.78, 5) is 11.5. The molecule has 3 nitrogen and oxygen atoms in total. The molecule has 2 heterocycles. The lowest BCUT2D eigenvalue weighted by atomic mass is 10.2. The quantitative estimate of drug-likeness (QED) is 0.775. The van der Waals surface area contributed by atoms with E-state index in [4.69, 9.17) is 9.15 Å². The molecule has 0 aliphatic heterocycles. The highest BCUT2D eigenvalue weighted by atomic mass is 32.1. The van der Waals surface area contributed by atoms with E-state index < -0.39 is 5.97 Å². The molecule has 0 aromatic carbocycles. The molecule has 0 N–H and O–H groups in total. The maximum Gasteiger partial charge on any atom is 0.374 e. The molecule has 17 heavy (non-hydrogen) atoms. The van der Waals surface area contributed by atoms with Crippen LogP contribution in [0.1, 0.15) is 28.6 Å². The zero-order valence-corrected chi connectivity index (χ0v) is 10.2. The fraction of sp³-hybridized carbons (Fsp3) is 0.154. The first-order chi connectivity index (χ1) is 8.31. The average molecular weight is 248 g/mol. The van der Waals surface area contributed by atoms with Gasteiger partial charge in [0.25, 0.3) is 0 Å². The van der Waals surface area contributed by atoms with Gasteiger partial charge in [-0.3, -0.25) is 0 Å². The lowest BCUT2D eigenvalue weighted by Gasteiger charge is -1.98. The predicted molar refractivity (Wildman–Crippen MR) is 67.9 cm³/mol. The van der Waals surface area contributed by atoms with Crippen LogP contribution in [0.15, 0.2) is 33.6 Å². The molecular weight excluding hydrogens is 236 g/mol. The van der Waals surface area contributed by atoms with Crippen LogP contribution >= 0.6 is 11.3 Å². The van der Waals surface area contributed by atoms with Gasteiger partial charge in [-0.1, -0.05) is 12.2 Å². The first-order valence-electron chi connectivity index (χ1n) is 5.26. The molecule has 2 aromatic heterocycles. The van der Waals surface area contributed by atoms with E-state index in [1.807, 2.05) is 29.0 Å². The summed E-state index contributed by atoms with van der Waals surface area (Å²) in [5, 5.41) is 4.03. The maximum absolute atomic E-state index is 11.5. The van der Waals surface area contributed by atoms with Gasteiger partial charge in [0.2, 0.25) is 5.76 Å². The lowest BCUT2D eigenvalue weighted by Crippen LogP contribution is -2.04. The maximum atomic E-state index is 11.5. The van der Waals surface area contributed by atoms with E-state index in [1.54, 1.807) is 24.3 Å². The first-order valence-corrected chi connectivity index (χ1v) is 6.20. The molecule has 0 aliphatic rings. The molecule has 0 saturated heterocycles. The van der Waals surface area contributed by atoms with Gasteiger partial charge in [0, 0.05) is 5.56 Å². The van der Waals surface area contributed by atoms with Crippen molar-refractivity contribution < 1.29 is 13.9 Å². The van der Waals surface area contributed by atoms with Crippen LogP contribution < -0.4 is 0 Å². The third kappa shape index (κ3) is 2.85. The van der Waals surface area contributed by atoms with Crippen LogP contribution in [0.25, 0.3) is 12.2 Å². The van der Waals surface area contributed by atoms with Crippen molar-refractivity contribution in [2.75, 3.05) is 6.61 Å². The molecule has 0 aliphatic carbocycles. The zero-order chi connectivity index (χ0) is 12.1. The summed E-state index contributed by atoms with van der Waals surface area (Å²) in [6, 6.07) is 3.75. The Hall–Kier alpha value is -1.81. The Labute approximate surface area is 103 Å². The predicted octanol–water partition coefficient (Wildman–Crippen LogP) is 3.69. The van der Waals surface area contributed by atoms with Gasteiger partial charge in [0.15, 0.2) is 0 Å². The van der Waals surface area contributed by atoms with Crippen molar-refractivity contribution in [3.8, 4) is 0 Å². The van der Waals surface area contributed by atoms with Gasteiger partial charge >= 0.3 is 5.97 Å². The Morgan fingerprint density at radius 3 is 3.06 bits per heavy atom. The second-order valence-electron chi connectivity index (χ2n) is 3.32. The Bertz CT molecular complexity index is 509. The fourth-order valence-corrected chi connectivity index (χ4v) is 2.00.